The highest BCUT2D eigenvalue weighted by Crippen LogP contribution is 2.23. The Hall–Kier alpha value is -14.9. The minimum Gasteiger partial charge on any atom is -0.481 e. The lowest BCUT2D eigenvalue weighted by Gasteiger charge is -2.30. The smallest absolute Gasteiger partial charge is 0.326 e. The predicted octanol–water partition coefficient (Wildman–Crippen LogP) is -14.7. The number of amides is 19. The number of aliphatic hydroxyl groups excluding tert-OH is 5. The number of hydrogen-bond donors (Lipinski definition) is 38. The van der Waals surface area contributed by atoms with Gasteiger partial charge in [0.2, 0.25) is 112 Å². The van der Waals surface area contributed by atoms with Crippen molar-refractivity contribution in [1.29, 1.82) is 16.2 Å². The fraction of sp³-hybridized carbons (Fsp3) is 0.558. The number of carboxylic acid groups (broad SMARTS) is 2. The maximum absolute atomic E-state index is 14.4. The molecule has 0 saturated carbocycles. The van der Waals surface area contributed by atoms with Crippen LogP contribution in [0, 0.1) is 22.1 Å². The van der Waals surface area contributed by atoms with E-state index in [2.05, 4.69) is 137 Å². The van der Waals surface area contributed by atoms with Gasteiger partial charge in [-0.3, -0.25) is 112 Å². The van der Waals surface area contributed by atoms with Crippen LogP contribution in [0.25, 0.3) is 10.9 Å². The molecule has 58 nitrogen and oxygen atoms in total. The van der Waals surface area contributed by atoms with Gasteiger partial charge in [-0.25, -0.2) is 4.79 Å². The molecule has 1 fully saturated rings. The van der Waals surface area contributed by atoms with Crippen molar-refractivity contribution < 1.29 is 136 Å². The van der Waals surface area contributed by atoms with Crippen molar-refractivity contribution in [2.24, 2.45) is 34.6 Å². The Morgan fingerprint density at radius 2 is 0.815 bits per heavy atom. The lowest BCUT2D eigenvalue weighted by atomic mass is 10.0. The van der Waals surface area contributed by atoms with Gasteiger partial charge >= 0.3 is 11.9 Å². The van der Waals surface area contributed by atoms with E-state index in [1.54, 1.807) is 60.8 Å². The molecule has 2 aromatic carbocycles. The highest BCUT2D eigenvalue weighted by molar-refractivity contribution is 7.80. The largest absolute Gasteiger partial charge is 0.481 e. The van der Waals surface area contributed by atoms with Gasteiger partial charge in [0.25, 0.3) is 0 Å². The molecule has 146 heavy (non-hydrogen) atoms. The number of thiol groups is 2. The van der Waals surface area contributed by atoms with Crippen molar-refractivity contribution >= 4 is 178 Å². The third-order valence-corrected chi connectivity index (χ3v) is 22.9. The molecule has 41 N–H and O–H groups in total. The minimum absolute atomic E-state index is 0.00897. The summed E-state index contributed by atoms with van der Waals surface area (Å²) in [6, 6.07) is -11.7. The number of guanidine groups is 3. The number of hydrogen-bond acceptors (Lipinski definition) is 32. The van der Waals surface area contributed by atoms with E-state index >= 15 is 0 Å². The maximum Gasteiger partial charge on any atom is 0.326 e. The number of aliphatic hydroxyl groups is 5. The van der Waals surface area contributed by atoms with E-state index in [-0.39, 0.29) is 96.8 Å². The van der Waals surface area contributed by atoms with Crippen molar-refractivity contribution in [3.05, 3.63) is 71.9 Å². The first-order valence-electron chi connectivity index (χ1n) is 46.1. The first-order valence-corrected chi connectivity index (χ1v) is 47.4. The SMILES string of the molecule is CC(C)[C@H](NC(=O)CNC(=O)CNC(=O)CNC(=O)[C@H](CS)NC(=O)[C@@H](NC(=O)[C@H](CCCNC(=N)N)NC(=O)[C@H](CO)NC(=O)[C@H](CS)NC(=O)[C@@H]1CCCN1C(=O)[C@H](CO)NC(=O)[C@H](Cc1c[nH]c2ccccc12)NC(=O)[C@H](CCC(N)=O)NC(=O)[C@@H](N)CO)[C@@H](C)O)C(=O)N[C@@H](CO)C(=O)N[C@@H](Cc1ccccc1)C(=O)N[C@@H](CCCNC(=N)N)C(=O)N[C@@H](CCC(=O)O)C(=O)N[C@@H](CCCNC(=N)N)C(=O)O. The molecule has 1 aromatic heterocycles. The van der Waals surface area contributed by atoms with E-state index in [0.717, 1.165) is 11.8 Å². The van der Waals surface area contributed by atoms with Crippen LogP contribution < -0.4 is 135 Å². The average Bonchev–Trinajstić information content (AvgIpc) is 1.67. The summed E-state index contributed by atoms with van der Waals surface area (Å²) in [5.41, 5.74) is 28.7. The summed E-state index contributed by atoms with van der Waals surface area (Å²) >= 11 is 8.32. The summed E-state index contributed by atoms with van der Waals surface area (Å²) in [7, 11) is 0. The molecule has 1 aliphatic rings. The van der Waals surface area contributed by atoms with E-state index in [1.807, 2.05) is 0 Å². The molecule has 1 aliphatic heterocycles. The lowest BCUT2D eigenvalue weighted by molar-refractivity contribution is -0.143. The lowest BCUT2D eigenvalue weighted by Crippen LogP contribution is -2.62. The van der Waals surface area contributed by atoms with E-state index in [0.29, 0.717) is 22.0 Å². The molecule has 1 saturated heterocycles. The number of rotatable bonds is 66. The molecule has 17 atom stereocenters. The molecule has 808 valence electrons. The molecular formula is C86H134N30O28S2. The van der Waals surface area contributed by atoms with Gasteiger partial charge in [0.05, 0.1) is 52.2 Å². The summed E-state index contributed by atoms with van der Waals surface area (Å²) in [6.07, 6.45) is -3.63. The standard InChI is InChI=1S/C86H134N30O28S2/c1-41(2)66(80(140)110-56(37-119)77(137)107-53(29-43-13-5-4-6-14-43)74(134)103-48(17-9-25-95-84(89)90)70(130)105-51(22-24-65(126)127)71(131)106-52(83(143)144)19-11-27-97-86(93)94)114-64(125)34-100-62(123)32-99-63(124)33-101-69(129)58(39-145)113-81(141)67(42(3)121)115-73(133)49(18-10-26-96-85(91)92)104-76(136)55(36-118)109-78(138)59(40-146)112-79(139)60-20-12-28-116(60)82(142)57(38-120)111-75(135)54(30-44-31-98-47-16-8-7-15-45(44)47)108-72(132)50(21-23-61(88)122)102-68(128)46(87)35-117/h4-8,13-16,31,41-42,46,48-60,66-67,98,117-121,145-146H,9-12,17-30,32-40,87H2,1-3H3,(H2,88,122)(H,99,124)(H,100,123)(H,101,129)(H,102,128)(H,103,134)(H,104,136)(H,105,130)(H,106,131)(H,107,137)(H,108,132)(H,109,138)(H,110,140)(H,111,135)(H,112,139)(H,113,141)(H,114,125)(H,115,133)(H,126,127)(H,143,144)(H4,89,90,95)(H4,91,92,96)(H4,93,94,97)/t42-,46+,48+,49+,50+,51+,52+,53+,54+,55+,56+,57+,58+,59+,60+,66+,67+/m1/s1. The number of H-pyrrole nitrogens is 1. The highest BCUT2D eigenvalue weighted by atomic mass is 32.1. The molecule has 0 spiro atoms. The minimum atomic E-state index is -1.95. The van der Waals surface area contributed by atoms with E-state index in [4.69, 9.17) is 44.9 Å². The van der Waals surface area contributed by atoms with E-state index < -0.39 is 328 Å². The molecule has 0 unspecified atom stereocenters. The maximum atomic E-state index is 14.4. The number of para-hydroxylation sites is 1. The van der Waals surface area contributed by atoms with Crippen LogP contribution in [0.4, 0.5) is 0 Å². The van der Waals surface area contributed by atoms with Crippen LogP contribution in [0.5, 0.6) is 0 Å². The Morgan fingerprint density at radius 1 is 0.418 bits per heavy atom. The predicted molar refractivity (Wildman–Crippen MR) is 524 cm³/mol. The number of nitrogens with zero attached hydrogens (tertiary/aromatic N) is 1. The first-order chi connectivity index (χ1) is 69.1. The molecule has 0 radical (unpaired) electrons. The number of aromatic amines is 1. The Balaban J connectivity index is 1.37. The zero-order valence-electron chi connectivity index (χ0n) is 80.2. The monoisotopic (exact) mass is 2100 g/mol. The summed E-state index contributed by atoms with van der Waals surface area (Å²) in [4.78, 5) is 288. The Morgan fingerprint density at radius 3 is 1.29 bits per heavy atom. The Bertz CT molecular complexity index is 5040. The molecule has 19 amide bonds. The summed E-state index contributed by atoms with van der Waals surface area (Å²) < 4.78 is 0. The fourth-order valence-electron chi connectivity index (χ4n) is 14.3. The summed E-state index contributed by atoms with van der Waals surface area (Å²) in [6.45, 7) is -2.98. The van der Waals surface area contributed by atoms with Crippen LogP contribution in [0.3, 0.4) is 0 Å². The van der Waals surface area contributed by atoms with Gasteiger partial charge in [-0.1, -0.05) is 62.4 Å². The van der Waals surface area contributed by atoms with Gasteiger partial charge in [-0.2, -0.15) is 25.3 Å². The second-order valence-corrected chi connectivity index (χ2v) is 34.6. The van der Waals surface area contributed by atoms with Gasteiger partial charge in [-0.15, -0.1) is 0 Å². The second kappa shape index (κ2) is 64.0. The summed E-state index contributed by atoms with van der Waals surface area (Å²) in [5.74, 6) is -26.4. The number of carbonyl (C=O) groups is 21. The molecular weight excluding hydrogens is 1970 g/mol. The zero-order valence-corrected chi connectivity index (χ0v) is 82.0. The number of benzene rings is 2. The first kappa shape index (κ1) is 123. The molecule has 2 heterocycles. The van der Waals surface area contributed by atoms with Crippen LogP contribution in [-0.2, 0) is 114 Å². The number of aliphatic carboxylic acids is 2. The Kier molecular flexibility index (Phi) is 54.1. The van der Waals surface area contributed by atoms with Gasteiger partial charge in [0, 0.05) is 80.5 Å². The van der Waals surface area contributed by atoms with Crippen molar-refractivity contribution in [1.82, 2.24) is 116 Å². The van der Waals surface area contributed by atoms with Crippen LogP contribution >= 0.6 is 25.3 Å². The van der Waals surface area contributed by atoms with Crippen molar-refractivity contribution in [2.75, 3.05) is 83.7 Å². The number of carbonyl (C=O) groups excluding carboxylic acids is 19. The average molecular weight is 2100 g/mol. The zero-order chi connectivity index (χ0) is 109. The Labute approximate surface area is 846 Å². The molecule has 0 bridgehead atoms. The molecule has 3 aromatic rings. The topological polar surface area (TPSA) is 961 Å². The number of nitrogens with two attached hydrogens (primary N) is 5. The molecule has 4 rings (SSSR count). The van der Waals surface area contributed by atoms with Crippen LogP contribution in [0.15, 0.2) is 60.8 Å². The highest BCUT2D eigenvalue weighted by Gasteiger charge is 2.43. The van der Waals surface area contributed by atoms with Gasteiger partial charge < -0.3 is 181 Å². The number of nitrogens with one attached hydrogen (secondary N) is 24. The number of likely N-dealkylation sites (tertiary alicyclic amines) is 1. The third kappa shape index (κ3) is 43.3. The van der Waals surface area contributed by atoms with Crippen LogP contribution in [-0.4, -0.2) is 374 Å². The van der Waals surface area contributed by atoms with E-state index in [9.17, 15) is 136 Å². The molecule has 60 heteroatoms. The van der Waals surface area contributed by atoms with Crippen molar-refractivity contribution in [3.63, 3.8) is 0 Å². The fourth-order valence-corrected chi connectivity index (χ4v) is 14.8. The number of aromatic nitrogens is 1. The molecule has 0 aliphatic carbocycles. The third-order valence-electron chi connectivity index (χ3n) is 22.2. The number of primary amides is 1. The number of fused-ring (bicyclic) bond motifs is 1. The number of carboxylic acids is 2. The normalized spacial score (nSPS) is 15.3. The van der Waals surface area contributed by atoms with Gasteiger partial charge in [-0.05, 0) is 94.2 Å². The van der Waals surface area contributed by atoms with Crippen LogP contribution in [0.1, 0.15) is 109 Å². The van der Waals surface area contributed by atoms with Crippen molar-refractivity contribution in [2.45, 2.75) is 213 Å². The van der Waals surface area contributed by atoms with Gasteiger partial charge in [0.15, 0.2) is 17.9 Å². The van der Waals surface area contributed by atoms with E-state index in [1.165, 1.54) is 13.8 Å². The quantitative estimate of drug-likeness (QED) is 0.0108. The second-order valence-electron chi connectivity index (χ2n) is 33.9. The summed E-state index contributed by atoms with van der Waals surface area (Å²) in [5, 5.41) is 142. The van der Waals surface area contributed by atoms with Crippen molar-refractivity contribution in [3.8, 4) is 0 Å². The van der Waals surface area contributed by atoms with Gasteiger partial charge in [0.1, 0.15) is 96.7 Å². The van der Waals surface area contributed by atoms with Crippen LogP contribution in [0.2, 0.25) is 0 Å².